The molecule has 0 bridgehead atoms. The van der Waals surface area contributed by atoms with Gasteiger partial charge in [0.05, 0.1) is 4.70 Å². The van der Waals surface area contributed by atoms with Crippen molar-refractivity contribution in [3.8, 4) is 0 Å². The Kier molecular flexibility index (Phi) is 5.84. The number of thiocarbonyl (C=S) groups is 1. The Hall–Kier alpha value is 0.440. The summed E-state index contributed by atoms with van der Waals surface area (Å²) in [5.41, 5.74) is 0. The van der Waals surface area contributed by atoms with E-state index in [-0.39, 0.29) is 0 Å². The van der Waals surface area contributed by atoms with E-state index in [1.807, 2.05) is 0 Å². The third kappa shape index (κ3) is 4.44. The summed E-state index contributed by atoms with van der Waals surface area (Å²) in [6.45, 7) is 2.12. The van der Waals surface area contributed by atoms with Crippen LogP contribution in [0.2, 0.25) is 0 Å². The lowest BCUT2D eigenvalue weighted by molar-refractivity contribution is 1.11. The molecule has 0 fully saturated rings. The van der Waals surface area contributed by atoms with Crippen molar-refractivity contribution in [3.63, 3.8) is 0 Å². The molecule has 0 rings (SSSR count). The average Bonchev–Trinajstić information content (AvgIpc) is 1.61. The zero-order valence-electron chi connectivity index (χ0n) is 3.73. The van der Waals surface area contributed by atoms with Gasteiger partial charge < -0.3 is 0 Å². The second kappa shape index (κ2) is 5.44. The van der Waals surface area contributed by atoms with Crippen molar-refractivity contribution in [2.75, 3.05) is 5.75 Å². The topological polar surface area (TPSA) is 0 Å². The van der Waals surface area contributed by atoms with Gasteiger partial charge in [-0.05, 0) is 12.2 Å². The smallest absolute Gasteiger partial charge is 0.0951 e. The van der Waals surface area contributed by atoms with Crippen LogP contribution in [0.4, 0.5) is 0 Å². The van der Waals surface area contributed by atoms with Crippen molar-refractivity contribution in [1.29, 1.82) is 0 Å². The minimum Gasteiger partial charge on any atom is -0.113 e. The van der Waals surface area contributed by atoms with Gasteiger partial charge in [-0.3, -0.25) is 0 Å². The van der Waals surface area contributed by atoms with E-state index in [4.69, 9.17) is 0 Å². The molecule has 0 amide bonds. The number of hydrogen-bond donors (Lipinski definition) is 0. The molecule has 0 N–H and O–H groups in total. The molecule has 0 saturated carbocycles. The molecule has 0 aliphatic rings. The van der Waals surface area contributed by atoms with Crippen LogP contribution in [0.15, 0.2) is 0 Å². The molecule has 0 aliphatic carbocycles. The van der Waals surface area contributed by atoms with Gasteiger partial charge in [0.15, 0.2) is 0 Å². The summed E-state index contributed by atoms with van der Waals surface area (Å²) in [5.74, 6) is 1.11. The number of thioether (sulfide) groups is 1. The first-order valence-electron chi connectivity index (χ1n) is 1.90. The van der Waals surface area contributed by atoms with E-state index >= 15 is 0 Å². The van der Waals surface area contributed by atoms with Crippen molar-refractivity contribution in [2.45, 2.75) is 13.3 Å². The lowest BCUT2D eigenvalue weighted by Crippen LogP contribution is -1.67. The Balaban J connectivity index is 2.49. The highest BCUT2D eigenvalue weighted by Gasteiger charge is 1.73. The van der Waals surface area contributed by atoms with Crippen molar-refractivity contribution < 1.29 is 0 Å². The normalized spacial score (nSPS) is 8.17. The summed E-state index contributed by atoms with van der Waals surface area (Å²) in [7, 11) is 0. The van der Waals surface area contributed by atoms with Gasteiger partial charge in [0.1, 0.15) is 0 Å². The summed E-state index contributed by atoms with van der Waals surface area (Å²) >= 11 is 6.00. The van der Waals surface area contributed by atoms with E-state index in [1.165, 1.54) is 6.42 Å². The molecular formula is C4H7S2. The molecule has 2 heteroatoms. The summed E-state index contributed by atoms with van der Waals surface area (Å²) in [5, 5.41) is 0. The van der Waals surface area contributed by atoms with E-state index in [2.05, 4.69) is 23.8 Å². The third-order valence-electron chi connectivity index (χ3n) is 0.365. The highest BCUT2D eigenvalue weighted by molar-refractivity contribution is 8.20. The highest BCUT2D eigenvalue weighted by atomic mass is 32.2. The molecule has 0 saturated heterocycles. The van der Waals surface area contributed by atoms with Crippen LogP contribution in [0.3, 0.4) is 0 Å². The maximum absolute atomic E-state index is 4.43. The summed E-state index contributed by atoms with van der Waals surface area (Å²) in [4.78, 5) is 0. The van der Waals surface area contributed by atoms with Gasteiger partial charge in [-0.15, -0.1) is 11.8 Å². The maximum atomic E-state index is 4.43. The second-order valence-corrected chi connectivity index (χ2v) is 2.30. The largest absolute Gasteiger partial charge is 0.113 e. The Morgan fingerprint density at radius 3 is 2.67 bits per heavy atom. The molecule has 35 valence electrons. The average molecular weight is 119 g/mol. The van der Waals surface area contributed by atoms with Gasteiger partial charge in [0, 0.05) is 0 Å². The fourth-order valence-corrected chi connectivity index (χ4v) is 0.681. The first-order chi connectivity index (χ1) is 2.91. The fourth-order valence-electron chi connectivity index (χ4n) is 0.144. The zero-order valence-corrected chi connectivity index (χ0v) is 5.36. The Morgan fingerprint density at radius 1 is 1.83 bits per heavy atom. The van der Waals surface area contributed by atoms with Gasteiger partial charge in [0.2, 0.25) is 0 Å². The van der Waals surface area contributed by atoms with Gasteiger partial charge in [-0.25, -0.2) is 0 Å². The van der Waals surface area contributed by atoms with Crippen LogP contribution < -0.4 is 0 Å². The predicted molar refractivity (Wildman–Crippen MR) is 35.3 cm³/mol. The van der Waals surface area contributed by atoms with Gasteiger partial charge >= 0.3 is 0 Å². The lowest BCUT2D eigenvalue weighted by atomic mass is 10.6. The third-order valence-corrected chi connectivity index (χ3v) is 1.45. The van der Waals surface area contributed by atoms with Gasteiger partial charge in [0.25, 0.3) is 0 Å². The van der Waals surface area contributed by atoms with E-state index in [0.29, 0.717) is 0 Å². The molecule has 1 radical (unpaired) electrons. The van der Waals surface area contributed by atoms with Crippen LogP contribution in [0.5, 0.6) is 0 Å². The molecule has 0 aliphatic heterocycles. The van der Waals surface area contributed by atoms with Crippen molar-refractivity contribution in [2.24, 2.45) is 0 Å². The summed E-state index contributed by atoms with van der Waals surface area (Å²) in [6.07, 6.45) is 1.19. The fraction of sp³-hybridized carbons (Fsp3) is 0.750. The first kappa shape index (κ1) is 6.44. The van der Waals surface area contributed by atoms with Crippen LogP contribution in [0, 0.1) is 0 Å². The standard InChI is InChI=1S/C4H7S2/c1-2-3-6-4-5/h2-3H2,1H3. The van der Waals surface area contributed by atoms with Crippen LogP contribution in [-0.2, 0) is 0 Å². The maximum Gasteiger partial charge on any atom is 0.0951 e. The van der Waals surface area contributed by atoms with Crippen LogP contribution in [0.1, 0.15) is 13.3 Å². The summed E-state index contributed by atoms with van der Waals surface area (Å²) in [6, 6.07) is 0. The Bertz CT molecular complexity index is 34.5. The molecule has 0 heterocycles. The molecule has 0 aromatic carbocycles. The molecule has 0 unspecified atom stereocenters. The minimum absolute atomic E-state index is 1.11. The van der Waals surface area contributed by atoms with E-state index in [0.717, 1.165) is 5.75 Å². The number of rotatable bonds is 3. The number of hydrogen-bond acceptors (Lipinski definition) is 2. The molecule has 0 nitrogen and oxygen atoms in total. The molecule has 0 atom stereocenters. The van der Waals surface area contributed by atoms with Gasteiger partial charge in [-0.1, -0.05) is 19.1 Å². The van der Waals surface area contributed by atoms with Crippen molar-refractivity contribution in [1.82, 2.24) is 0 Å². The second-order valence-electron chi connectivity index (χ2n) is 0.932. The van der Waals surface area contributed by atoms with E-state index in [9.17, 15) is 0 Å². The monoisotopic (exact) mass is 119 g/mol. The molecule has 0 aromatic heterocycles. The molecular weight excluding hydrogens is 112 g/mol. The lowest BCUT2D eigenvalue weighted by Gasteiger charge is -1.80. The minimum atomic E-state index is 1.11. The molecule has 0 spiro atoms. The summed E-state index contributed by atoms with van der Waals surface area (Å²) < 4.78 is 2.57. The molecule has 6 heavy (non-hydrogen) atoms. The van der Waals surface area contributed by atoms with Crippen molar-refractivity contribution in [3.05, 3.63) is 0 Å². The highest BCUT2D eigenvalue weighted by Crippen LogP contribution is 1.94. The predicted octanol–water partition coefficient (Wildman–Crippen LogP) is 1.96. The SMILES string of the molecule is CCCS[C]=S. The van der Waals surface area contributed by atoms with Crippen LogP contribution in [-0.4, -0.2) is 10.5 Å². The van der Waals surface area contributed by atoms with Crippen LogP contribution >= 0.6 is 24.0 Å². The van der Waals surface area contributed by atoms with E-state index in [1.54, 1.807) is 11.8 Å². The van der Waals surface area contributed by atoms with Crippen molar-refractivity contribution >= 4 is 28.7 Å². The zero-order chi connectivity index (χ0) is 4.83. The Morgan fingerprint density at radius 2 is 2.50 bits per heavy atom. The quantitative estimate of drug-likeness (QED) is 0.411. The van der Waals surface area contributed by atoms with Crippen LogP contribution in [0.25, 0.3) is 0 Å². The molecule has 0 aromatic rings. The van der Waals surface area contributed by atoms with E-state index < -0.39 is 0 Å². The van der Waals surface area contributed by atoms with Gasteiger partial charge in [-0.2, -0.15) is 0 Å². The Labute approximate surface area is 48.3 Å². The first-order valence-corrected chi connectivity index (χ1v) is 3.30.